The third-order valence-electron chi connectivity index (χ3n) is 2.96. The number of benzene rings is 1. The summed E-state index contributed by atoms with van der Waals surface area (Å²) in [7, 11) is 3.27. The van der Waals surface area contributed by atoms with Gasteiger partial charge in [-0.2, -0.15) is 0 Å². The lowest BCUT2D eigenvalue weighted by Gasteiger charge is -2.13. The number of aromatic nitrogens is 2. The molecule has 0 aliphatic rings. The highest BCUT2D eigenvalue weighted by Crippen LogP contribution is 2.34. The van der Waals surface area contributed by atoms with E-state index in [1.807, 2.05) is 19.1 Å². The summed E-state index contributed by atoms with van der Waals surface area (Å²) in [5.74, 6) is 1.87. The smallest absolute Gasteiger partial charge is 0.126 e. The van der Waals surface area contributed by atoms with Crippen LogP contribution < -0.4 is 9.47 Å². The highest BCUT2D eigenvalue weighted by Gasteiger charge is 2.13. The molecular weight excluding hydrogens is 264 g/mol. The fourth-order valence-corrected chi connectivity index (χ4v) is 2.13. The molecule has 0 aliphatic heterocycles. The summed E-state index contributed by atoms with van der Waals surface area (Å²) in [5, 5.41) is 0. The van der Waals surface area contributed by atoms with Crippen LogP contribution in [-0.2, 0) is 5.88 Å². The SMILES string of the molecule is COc1cc(-c2ncncc2CCl)cc(OC)c1C. The molecule has 2 aromatic rings. The highest BCUT2D eigenvalue weighted by atomic mass is 35.5. The van der Waals surface area contributed by atoms with Crippen LogP contribution in [0.1, 0.15) is 11.1 Å². The van der Waals surface area contributed by atoms with Gasteiger partial charge in [0.05, 0.1) is 25.8 Å². The second-order valence-corrected chi connectivity index (χ2v) is 4.30. The van der Waals surface area contributed by atoms with E-state index < -0.39 is 0 Å². The van der Waals surface area contributed by atoms with Crippen molar-refractivity contribution in [3.63, 3.8) is 0 Å². The third-order valence-corrected chi connectivity index (χ3v) is 3.25. The van der Waals surface area contributed by atoms with Gasteiger partial charge in [-0.05, 0) is 19.1 Å². The van der Waals surface area contributed by atoms with Crippen LogP contribution in [0, 0.1) is 6.92 Å². The standard InChI is InChI=1S/C14H15ClN2O2/c1-9-12(18-2)4-10(5-13(9)19-3)14-11(6-15)7-16-8-17-14/h4-5,7-8H,6H2,1-3H3. The van der Waals surface area contributed by atoms with Crippen molar-refractivity contribution >= 4 is 11.6 Å². The minimum Gasteiger partial charge on any atom is -0.496 e. The van der Waals surface area contributed by atoms with E-state index in [9.17, 15) is 0 Å². The van der Waals surface area contributed by atoms with Gasteiger partial charge >= 0.3 is 0 Å². The van der Waals surface area contributed by atoms with Gasteiger partial charge in [0.15, 0.2) is 0 Å². The van der Waals surface area contributed by atoms with Crippen LogP contribution in [-0.4, -0.2) is 24.2 Å². The van der Waals surface area contributed by atoms with Crippen LogP contribution in [0.3, 0.4) is 0 Å². The van der Waals surface area contributed by atoms with E-state index in [1.165, 1.54) is 6.33 Å². The maximum Gasteiger partial charge on any atom is 0.126 e. The van der Waals surface area contributed by atoms with Crippen molar-refractivity contribution in [2.45, 2.75) is 12.8 Å². The lowest BCUT2D eigenvalue weighted by Crippen LogP contribution is -1.97. The molecule has 0 aliphatic carbocycles. The Morgan fingerprint density at radius 1 is 1.16 bits per heavy atom. The Hall–Kier alpha value is -1.81. The lowest BCUT2D eigenvalue weighted by atomic mass is 10.0. The first kappa shape index (κ1) is 13.6. The van der Waals surface area contributed by atoms with Crippen LogP contribution in [0.15, 0.2) is 24.7 Å². The van der Waals surface area contributed by atoms with Gasteiger partial charge in [0, 0.05) is 22.9 Å². The second-order valence-electron chi connectivity index (χ2n) is 4.04. The van der Waals surface area contributed by atoms with Gasteiger partial charge in [-0.1, -0.05) is 0 Å². The number of methoxy groups -OCH3 is 2. The molecule has 0 amide bonds. The Bertz CT molecular complexity index is 562. The van der Waals surface area contributed by atoms with Gasteiger partial charge in [-0.15, -0.1) is 11.6 Å². The van der Waals surface area contributed by atoms with Crippen LogP contribution in [0.2, 0.25) is 0 Å². The summed E-state index contributed by atoms with van der Waals surface area (Å²) in [6.45, 7) is 1.95. The maximum absolute atomic E-state index is 5.92. The molecule has 5 heteroatoms. The zero-order valence-corrected chi connectivity index (χ0v) is 11.9. The topological polar surface area (TPSA) is 44.2 Å². The number of ether oxygens (including phenoxy) is 2. The highest BCUT2D eigenvalue weighted by molar-refractivity contribution is 6.17. The van der Waals surface area contributed by atoms with Crippen LogP contribution in [0.25, 0.3) is 11.3 Å². The maximum atomic E-state index is 5.92. The second kappa shape index (κ2) is 5.89. The summed E-state index contributed by atoms with van der Waals surface area (Å²) in [5.41, 5.74) is 3.52. The van der Waals surface area contributed by atoms with E-state index in [-0.39, 0.29) is 0 Å². The molecule has 2 rings (SSSR count). The van der Waals surface area contributed by atoms with Crippen molar-refractivity contribution in [3.05, 3.63) is 35.8 Å². The summed E-state index contributed by atoms with van der Waals surface area (Å²) < 4.78 is 10.7. The zero-order valence-electron chi connectivity index (χ0n) is 11.1. The summed E-state index contributed by atoms with van der Waals surface area (Å²) in [6, 6.07) is 3.85. The van der Waals surface area contributed by atoms with E-state index in [4.69, 9.17) is 21.1 Å². The van der Waals surface area contributed by atoms with Gasteiger partial charge in [-0.3, -0.25) is 0 Å². The van der Waals surface area contributed by atoms with E-state index in [0.29, 0.717) is 5.88 Å². The van der Waals surface area contributed by atoms with Crippen LogP contribution in [0.4, 0.5) is 0 Å². The van der Waals surface area contributed by atoms with E-state index in [0.717, 1.165) is 33.9 Å². The molecule has 19 heavy (non-hydrogen) atoms. The zero-order chi connectivity index (χ0) is 13.8. The molecule has 0 N–H and O–H groups in total. The Morgan fingerprint density at radius 3 is 2.32 bits per heavy atom. The summed E-state index contributed by atoms with van der Waals surface area (Å²) in [4.78, 5) is 8.28. The van der Waals surface area contributed by atoms with Gasteiger partial charge in [0.25, 0.3) is 0 Å². The number of nitrogens with zero attached hydrogens (tertiary/aromatic N) is 2. The fraction of sp³-hybridized carbons (Fsp3) is 0.286. The van der Waals surface area contributed by atoms with E-state index in [2.05, 4.69) is 9.97 Å². The first-order valence-electron chi connectivity index (χ1n) is 5.79. The van der Waals surface area contributed by atoms with Gasteiger partial charge in [0.2, 0.25) is 0 Å². The quantitative estimate of drug-likeness (QED) is 0.806. The molecule has 100 valence electrons. The first-order valence-corrected chi connectivity index (χ1v) is 6.32. The van der Waals surface area contributed by atoms with Gasteiger partial charge < -0.3 is 9.47 Å². The normalized spacial score (nSPS) is 10.3. The minimum atomic E-state index is 0.356. The first-order chi connectivity index (χ1) is 9.21. The largest absolute Gasteiger partial charge is 0.496 e. The molecule has 0 spiro atoms. The molecule has 4 nitrogen and oxygen atoms in total. The minimum absolute atomic E-state index is 0.356. The van der Waals surface area contributed by atoms with Crippen molar-refractivity contribution in [1.82, 2.24) is 9.97 Å². The number of hydrogen-bond donors (Lipinski definition) is 0. The van der Waals surface area contributed by atoms with Crippen molar-refractivity contribution in [2.24, 2.45) is 0 Å². The average Bonchev–Trinajstić information content (AvgIpc) is 2.47. The summed E-state index contributed by atoms with van der Waals surface area (Å²) >= 11 is 5.92. The summed E-state index contributed by atoms with van der Waals surface area (Å²) in [6.07, 6.45) is 3.22. The van der Waals surface area contributed by atoms with Crippen molar-refractivity contribution in [3.8, 4) is 22.8 Å². The van der Waals surface area contributed by atoms with Gasteiger partial charge in [-0.25, -0.2) is 9.97 Å². The van der Waals surface area contributed by atoms with E-state index >= 15 is 0 Å². The number of rotatable bonds is 4. The predicted molar refractivity (Wildman–Crippen MR) is 74.9 cm³/mol. The molecule has 0 bridgehead atoms. The van der Waals surface area contributed by atoms with Crippen LogP contribution in [0.5, 0.6) is 11.5 Å². The number of alkyl halides is 1. The third kappa shape index (κ3) is 2.63. The molecule has 1 aromatic carbocycles. The Morgan fingerprint density at radius 2 is 1.79 bits per heavy atom. The fourth-order valence-electron chi connectivity index (χ4n) is 1.94. The average molecular weight is 279 g/mol. The molecule has 0 radical (unpaired) electrons. The van der Waals surface area contributed by atoms with Crippen molar-refractivity contribution in [2.75, 3.05) is 14.2 Å². The molecule has 0 fully saturated rings. The number of halogens is 1. The molecule has 1 heterocycles. The predicted octanol–water partition coefficient (Wildman–Crippen LogP) is 3.21. The van der Waals surface area contributed by atoms with Crippen molar-refractivity contribution in [1.29, 1.82) is 0 Å². The van der Waals surface area contributed by atoms with Crippen LogP contribution >= 0.6 is 11.6 Å². The lowest BCUT2D eigenvalue weighted by molar-refractivity contribution is 0.389. The Balaban J connectivity index is 2.62. The molecule has 0 unspecified atom stereocenters. The number of hydrogen-bond acceptors (Lipinski definition) is 4. The Labute approximate surface area is 117 Å². The molecule has 0 atom stereocenters. The molecular formula is C14H15ClN2O2. The monoisotopic (exact) mass is 278 g/mol. The molecule has 1 aromatic heterocycles. The van der Waals surface area contributed by atoms with Crippen molar-refractivity contribution < 1.29 is 9.47 Å². The van der Waals surface area contributed by atoms with E-state index in [1.54, 1.807) is 20.4 Å². The molecule has 0 saturated carbocycles. The van der Waals surface area contributed by atoms with Gasteiger partial charge in [0.1, 0.15) is 17.8 Å². The molecule has 0 saturated heterocycles. The Kier molecular flexibility index (Phi) is 4.22.